The largest absolute Gasteiger partial charge is 0.481 e. The molecule has 5 rings (SSSR count). The normalized spacial score (nSPS) is 54.9. The summed E-state index contributed by atoms with van der Waals surface area (Å²) >= 11 is 0. The van der Waals surface area contributed by atoms with Gasteiger partial charge >= 0.3 is 5.97 Å². The topological polar surface area (TPSA) is 94.8 Å². The van der Waals surface area contributed by atoms with Crippen molar-refractivity contribution in [3.63, 3.8) is 0 Å². The minimum absolute atomic E-state index is 0.0507. The highest BCUT2D eigenvalue weighted by Gasteiger charge is 2.71. The van der Waals surface area contributed by atoms with Crippen LogP contribution in [0.3, 0.4) is 0 Å². The molecule has 5 aliphatic rings. The highest BCUT2D eigenvalue weighted by atomic mass is 16.4. The smallest absolute Gasteiger partial charge is 0.312 e. The molecular weight excluding hydrogens is 440 g/mol. The average molecular weight is 487 g/mol. The van der Waals surface area contributed by atoms with E-state index in [9.17, 15) is 24.9 Å². The van der Waals surface area contributed by atoms with Gasteiger partial charge in [-0.2, -0.15) is 0 Å². The molecule has 0 heterocycles. The molecule has 0 radical (unpaired) electrons. The van der Waals surface area contributed by atoms with Crippen LogP contribution in [0, 0.1) is 50.2 Å². The number of fused-ring (bicyclic) bond motifs is 7. The number of carbonyl (C=O) groups is 2. The Hall–Kier alpha value is -1.20. The third-order valence-corrected chi connectivity index (χ3v) is 13.0. The first kappa shape index (κ1) is 25.4. The Morgan fingerprint density at radius 3 is 2.23 bits per heavy atom. The lowest BCUT2D eigenvalue weighted by molar-refractivity contribution is -0.217. The van der Waals surface area contributed by atoms with Crippen LogP contribution in [0.25, 0.3) is 0 Å². The lowest BCUT2D eigenvalue weighted by Gasteiger charge is -2.71. The van der Waals surface area contributed by atoms with Crippen LogP contribution >= 0.6 is 0 Å². The van der Waals surface area contributed by atoms with Crippen LogP contribution in [0.1, 0.15) is 99.3 Å². The maximum absolute atomic E-state index is 12.8. The van der Waals surface area contributed by atoms with Crippen LogP contribution < -0.4 is 0 Å². The summed E-state index contributed by atoms with van der Waals surface area (Å²) in [6, 6.07) is 0. The van der Waals surface area contributed by atoms with Crippen LogP contribution in [0.2, 0.25) is 0 Å². The van der Waals surface area contributed by atoms with Gasteiger partial charge in [0, 0.05) is 0 Å². The van der Waals surface area contributed by atoms with E-state index in [2.05, 4.69) is 40.7 Å². The Morgan fingerprint density at radius 1 is 0.914 bits per heavy atom. The summed E-state index contributed by atoms with van der Waals surface area (Å²) in [5.74, 6) is -0.517. The Kier molecular flexibility index (Phi) is 5.40. The number of aldehydes is 1. The van der Waals surface area contributed by atoms with Gasteiger partial charge in [0.05, 0.1) is 17.6 Å². The second-order valence-corrected chi connectivity index (χ2v) is 14.8. The van der Waals surface area contributed by atoms with Crippen molar-refractivity contribution in [3.05, 3.63) is 11.6 Å². The second-order valence-electron chi connectivity index (χ2n) is 14.8. The van der Waals surface area contributed by atoms with Crippen molar-refractivity contribution in [1.82, 2.24) is 0 Å². The number of rotatable bonds is 2. The van der Waals surface area contributed by atoms with Crippen molar-refractivity contribution in [3.8, 4) is 0 Å². The summed E-state index contributed by atoms with van der Waals surface area (Å²) in [6.45, 7) is 13.5. The van der Waals surface area contributed by atoms with Gasteiger partial charge in [-0.3, -0.25) is 4.79 Å². The summed E-state index contributed by atoms with van der Waals surface area (Å²) in [5.41, 5.74) is -0.934. The second kappa shape index (κ2) is 7.43. The van der Waals surface area contributed by atoms with Crippen molar-refractivity contribution in [2.75, 3.05) is 0 Å². The summed E-state index contributed by atoms with van der Waals surface area (Å²) in [7, 11) is 0. The van der Waals surface area contributed by atoms with Gasteiger partial charge in [-0.15, -0.1) is 0 Å². The molecule has 0 saturated heterocycles. The molecule has 0 spiro atoms. The van der Waals surface area contributed by atoms with Gasteiger partial charge in [0.15, 0.2) is 0 Å². The van der Waals surface area contributed by atoms with E-state index >= 15 is 0 Å². The summed E-state index contributed by atoms with van der Waals surface area (Å²) in [6.07, 6.45) is 8.83. The number of allylic oxidation sites excluding steroid dienone is 2. The van der Waals surface area contributed by atoms with E-state index in [0.717, 1.165) is 44.8 Å². The van der Waals surface area contributed by atoms with Crippen molar-refractivity contribution in [1.29, 1.82) is 0 Å². The Morgan fingerprint density at radius 2 is 1.60 bits per heavy atom. The number of carboxylic acid groups (broad SMARTS) is 1. The van der Waals surface area contributed by atoms with Gasteiger partial charge in [0.2, 0.25) is 0 Å². The molecule has 4 fully saturated rings. The van der Waals surface area contributed by atoms with Crippen LogP contribution in [0.15, 0.2) is 11.6 Å². The van der Waals surface area contributed by atoms with E-state index < -0.39 is 29.0 Å². The van der Waals surface area contributed by atoms with Crippen LogP contribution in [-0.4, -0.2) is 39.8 Å². The SMILES string of the molecule is CC1(C)CC[C@@]2(C(=O)O)C(C1)C1=CCC3[C@@]4(C)CC[C@H](O)[C@@](C)(C=O)C4CC[C@@]3(C)[C@]1(C)C[C@H]2O. The Bertz CT molecular complexity index is 970. The lowest BCUT2D eigenvalue weighted by Crippen LogP contribution is -2.67. The summed E-state index contributed by atoms with van der Waals surface area (Å²) < 4.78 is 0. The zero-order chi connectivity index (χ0) is 25.8. The number of aliphatic hydroxyl groups excluding tert-OH is 2. The maximum atomic E-state index is 12.8. The number of aliphatic hydroxyl groups is 2. The van der Waals surface area contributed by atoms with Gasteiger partial charge in [-0.1, -0.05) is 53.2 Å². The van der Waals surface area contributed by atoms with Crippen LogP contribution in [0.4, 0.5) is 0 Å². The van der Waals surface area contributed by atoms with Crippen LogP contribution in [-0.2, 0) is 9.59 Å². The predicted octanol–water partition coefficient (Wildman–Crippen LogP) is 5.38. The van der Waals surface area contributed by atoms with E-state index in [0.29, 0.717) is 25.2 Å². The first-order valence-corrected chi connectivity index (χ1v) is 13.9. The van der Waals surface area contributed by atoms with Crippen molar-refractivity contribution >= 4 is 12.3 Å². The van der Waals surface area contributed by atoms with E-state index in [1.807, 2.05) is 6.92 Å². The average Bonchev–Trinajstić information content (AvgIpc) is 2.76. The summed E-state index contributed by atoms with van der Waals surface area (Å²) in [4.78, 5) is 25.1. The minimum atomic E-state index is -1.09. The highest BCUT2D eigenvalue weighted by molar-refractivity contribution is 5.77. The van der Waals surface area contributed by atoms with Gasteiger partial charge < -0.3 is 20.1 Å². The fourth-order valence-corrected chi connectivity index (χ4v) is 10.6. The molecule has 0 aliphatic heterocycles. The minimum Gasteiger partial charge on any atom is -0.481 e. The number of aliphatic carboxylic acids is 1. The lowest BCUT2D eigenvalue weighted by atomic mass is 9.33. The molecule has 0 aromatic carbocycles. The molecule has 3 unspecified atom stereocenters. The monoisotopic (exact) mass is 486 g/mol. The molecule has 0 aromatic heterocycles. The van der Waals surface area contributed by atoms with Gasteiger partial charge in [0.25, 0.3) is 0 Å². The van der Waals surface area contributed by atoms with Crippen molar-refractivity contribution in [2.24, 2.45) is 50.2 Å². The zero-order valence-corrected chi connectivity index (χ0v) is 22.6. The molecule has 196 valence electrons. The Labute approximate surface area is 210 Å². The van der Waals surface area contributed by atoms with Gasteiger partial charge in [-0.05, 0) is 97.2 Å². The van der Waals surface area contributed by atoms with E-state index in [1.165, 1.54) is 5.57 Å². The van der Waals surface area contributed by atoms with E-state index in [-0.39, 0.29) is 33.5 Å². The predicted molar refractivity (Wildman–Crippen MR) is 134 cm³/mol. The first-order chi connectivity index (χ1) is 16.1. The van der Waals surface area contributed by atoms with Gasteiger partial charge in [0.1, 0.15) is 11.7 Å². The first-order valence-electron chi connectivity index (χ1n) is 13.9. The number of hydrogen-bond acceptors (Lipinski definition) is 4. The number of carboxylic acids is 1. The molecule has 0 amide bonds. The standard InChI is InChI=1S/C30H46O5/c1-25(2)13-14-30(24(34)35)19(15-25)18-7-8-21-26(3)11-10-22(32)27(4,17-31)20(26)9-12-28(21,5)29(18,6)16-23(30)33/h7,17,19-23,32-33H,8-16H2,1-6H3,(H,34,35)/t19?,20?,21?,22-,23+,26-,27-,28+,29+,30+/m0/s1. The van der Waals surface area contributed by atoms with Crippen molar-refractivity contribution in [2.45, 2.75) is 112 Å². The fraction of sp³-hybridized carbons (Fsp3) is 0.867. The number of hydrogen-bond donors (Lipinski definition) is 3. The van der Waals surface area contributed by atoms with Crippen molar-refractivity contribution < 1.29 is 24.9 Å². The number of carbonyl (C=O) groups excluding carboxylic acids is 1. The molecule has 5 aliphatic carbocycles. The third kappa shape index (κ3) is 2.94. The highest BCUT2D eigenvalue weighted by Crippen LogP contribution is 2.75. The fourth-order valence-electron chi connectivity index (χ4n) is 10.6. The molecule has 0 aromatic rings. The van der Waals surface area contributed by atoms with Gasteiger partial charge in [-0.25, -0.2) is 0 Å². The summed E-state index contributed by atoms with van der Waals surface area (Å²) in [5, 5.41) is 33.0. The molecule has 4 saturated carbocycles. The molecule has 3 N–H and O–H groups in total. The van der Waals surface area contributed by atoms with E-state index in [1.54, 1.807) is 0 Å². The van der Waals surface area contributed by atoms with Crippen LogP contribution in [0.5, 0.6) is 0 Å². The molecule has 35 heavy (non-hydrogen) atoms. The molecular formula is C30H46O5. The molecule has 10 atom stereocenters. The van der Waals surface area contributed by atoms with E-state index in [4.69, 9.17) is 0 Å². The molecule has 0 bridgehead atoms. The third-order valence-electron chi connectivity index (χ3n) is 13.0. The zero-order valence-electron chi connectivity index (χ0n) is 22.6. The maximum Gasteiger partial charge on any atom is 0.312 e. The molecule has 5 nitrogen and oxygen atoms in total. The molecule has 5 heteroatoms. The quantitative estimate of drug-likeness (QED) is 0.360. The Balaban J connectivity index is 1.63.